The van der Waals surface area contributed by atoms with E-state index in [-0.39, 0.29) is 30.3 Å². The molecule has 3 rings (SSSR count). The van der Waals surface area contributed by atoms with Crippen molar-refractivity contribution in [1.82, 2.24) is 10.6 Å². The van der Waals surface area contributed by atoms with Crippen LogP contribution in [-0.4, -0.2) is 30.9 Å². The number of hydrogen-bond acceptors (Lipinski definition) is 3. The molecule has 2 unspecified atom stereocenters. The van der Waals surface area contributed by atoms with Gasteiger partial charge in [0.1, 0.15) is 0 Å². The summed E-state index contributed by atoms with van der Waals surface area (Å²) >= 11 is 0. The van der Waals surface area contributed by atoms with E-state index >= 15 is 0 Å². The van der Waals surface area contributed by atoms with Crippen LogP contribution in [0.3, 0.4) is 0 Å². The molecular formula is C20H24ClN3O2. The van der Waals surface area contributed by atoms with Crippen molar-refractivity contribution in [2.75, 3.05) is 18.4 Å². The van der Waals surface area contributed by atoms with Crippen LogP contribution in [-0.2, 0) is 0 Å². The van der Waals surface area contributed by atoms with E-state index in [0.29, 0.717) is 22.7 Å². The lowest BCUT2D eigenvalue weighted by molar-refractivity contribution is 0.0916. The summed E-state index contributed by atoms with van der Waals surface area (Å²) in [6.45, 7) is 3.90. The number of benzene rings is 2. The average Bonchev–Trinajstić information content (AvgIpc) is 2.64. The van der Waals surface area contributed by atoms with Gasteiger partial charge >= 0.3 is 0 Å². The second-order valence-corrected chi connectivity index (χ2v) is 6.42. The fraction of sp³-hybridized carbons (Fsp3) is 0.300. The number of carbonyl (C=O) groups is 2. The quantitative estimate of drug-likeness (QED) is 0.771. The van der Waals surface area contributed by atoms with E-state index in [4.69, 9.17) is 0 Å². The molecule has 0 aromatic heterocycles. The summed E-state index contributed by atoms with van der Waals surface area (Å²) < 4.78 is 0. The lowest BCUT2D eigenvalue weighted by atomic mass is 9.94. The lowest BCUT2D eigenvalue weighted by Crippen LogP contribution is -2.50. The maximum absolute atomic E-state index is 12.7. The smallest absolute Gasteiger partial charge is 0.255 e. The Kier molecular flexibility index (Phi) is 7.18. The third-order valence-electron chi connectivity index (χ3n) is 4.60. The third kappa shape index (κ3) is 4.84. The monoisotopic (exact) mass is 373 g/mol. The maximum atomic E-state index is 12.7. The van der Waals surface area contributed by atoms with Gasteiger partial charge in [-0.2, -0.15) is 0 Å². The summed E-state index contributed by atoms with van der Waals surface area (Å²) in [6, 6.07) is 16.2. The molecule has 0 saturated carbocycles. The molecule has 3 N–H and O–H groups in total. The van der Waals surface area contributed by atoms with E-state index in [9.17, 15) is 9.59 Å². The largest absolute Gasteiger partial charge is 0.348 e. The van der Waals surface area contributed by atoms with E-state index in [0.717, 1.165) is 19.5 Å². The van der Waals surface area contributed by atoms with Gasteiger partial charge in [-0.1, -0.05) is 37.3 Å². The van der Waals surface area contributed by atoms with Gasteiger partial charge in [0.25, 0.3) is 11.8 Å². The number of carbonyl (C=O) groups excluding carboxylic acids is 2. The first-order valence-electron chi connectivity index (χ1n) is 8.62. The molecule has 2 atom stereocenters. The van der Waals surface area contributed by atoms with Crippen molar-refractivity contribution in [2.45, 2.75) is 19.4 Å². The highest BCUT2D eigenvalue weighted by molar-refractivity contribution is 6.09. The molecule has 2 aromatic carbocycles. The van der Waals surface area contributed by atoms with E-state index in [1.54, 1.807) is 30.3 Å². The first kappa shape index (κ1) is 19.9. The SMILES string of the molecule is CC1CCNCC1NC(=O)c1ccccc1NC(=O)c1ccccc1.Cl. The molecule has 1 saturated heterocycles. The van der Waals surface area contributed by atoms with Gasteiger partial charge in [-0.05, 0) is 43.1 Å². The predicted octanol–water partition coefficient (Wildman–Crippen LogP) is 3.09. The Morgan fingerprint density at radius 2 is 1.69 bits per heavy atom. The average molecular weight is 374 g/mol. The van der Waals surface area contributed by atoms with Crippen LogP contribution in [0, 0.1) is 5.92 Å². The Balaban J connectivity index is 0.00000243. The summed E-state index contributed by atoms with van der Waals surface area (Å²) in [5.41, 5.74) is 1.55. The molecule has 2 aromatic rings. The minimum absolute atomic E-state index is 0. The number of hydrogen-bond donors (Lipinski definition) is 3. The van der Waals surface area contributed by atoms with Crippen molar-refractivity contribution < 1.29 is 9.59 Å². The Morgan fingerprint density at radius 3 is 2.42 bits per heavy atom. The van der Waals surface area contributed by atoms with Crippen LogP contribution in [0.2, 0.25) is 0 Å². The van der Waals surface area contributed by atoms with Gasteiger partial charge in [0.2, 0.25) is 0 Å². The Hall–Kier alpha value is -2.37. The minimum Gasteiger partial charge on any atom is -0.348 e. The second-order valence-electron chi connectivity index (χ2n) is 6.42. The summed E-state index contributed by atoms with van der Waals surface area (Å²) in [5.74, 6) is 0.0364. The van der Waals surface area contributed by atoms with Crippen molar-refractivity contribution >= 4 is 29.9 Å². The zero-order valence-electron chi connectivity index (χ0n) is 14.7. The van der Waals surface area contributed by atoms with Gasteiger partial charge in [-0.3, -0.25) is 9.59 Å². The molecule has 0 spiro atoms. The molecule has 26 heavy (non-hydrogen) atoms. The number of para-hydroxylation sites is 1. The molecule has 0 bridgehead atoms. The highest BCUT2D eigenvalue weighted by Crippen LogP contribution is 2.18. The lowest BCUT2D eigenvalue weighted by Gasteiger charge is -2.30. The Morgan fingerprint density at radius 1 is 1.00 bits per heavy atom. The molecule has 138 valence electrons. The molecule has 0 radical (unpaired) electrons. The van der Waals surface area contributed by atoms with Crippen molar-refractivity contribution in [3.8, 4) is 0 Å². The van der Waals surface area contributed by atoms with Crippen LogP contribution in [0.4, 0.5) is 5.69 Å². The van der Waals surface area contributed by atoms with Crippen molar-refractivity contribution in [3.05, 3.63) is 65.7 Å². The second kappa shape index (κ2) is 9.36. The molecular weight excluding hydrogens is 350 g/mol. The number of anilines is 1. The van der Waals surface area contributed by atoms with E-state index in [2.05, 4.69) is 22.9 Å². The van der Waals surface area contributed by atoms with Crippen LogP contribution >= 0.6 is 12.4 Å². The van der Waals surface area contributed by atoms with Gasteiger partial charge in [-0.15, -0.1) is 12.4 Å². The molecule has 0 aliphatic carbocycles. The molecule has 1 heterocycles. The predicted molar refractivity (Wildman–Crippen MR) is 106 cm³/mol. The summed E-state index contributed by atoms with van der Waals surface area (Å²) in [5, 5.41) is 9.23. The first-order chi connectivity index (χ1) is 12.1. The van der Waals surface area contributed by atoms with Gasteiger partial charge in [0, 0.05) is 18.2 Å². The number of rotatable bonds is 4. The maximum Gasteiger partial charge on any atom is 0.255 e. The van der Waals surface area contributed by atoms with Gasteiger partial charge in [0.05, 0.1) is 11.3 Å². The molecule has 5 nitrogen and oxygen atoms in total. The van der Waals surface area contributed by atoms with Crippen molar-refractivity contribution in [1.29, 1.82) is 0 Å². The number of amides is 2. The Labute approximate surface area is 160 Å². The highest BCUT2D eigenvalue weighted by Gasteiger charge is 2.24. The summed E-state index contributed by atoms with van der Waals surface area (Å²) in [4.78, 5) is 25.1. The van der Waals surface area contributed by atoms with Crippen LogP contribution in [0.15, 0.2) is 54.6 Å². The molecule has 1 aliphatic rings. The highest BCUT2D eigenvalue weighted by atomic mass is 35.5. The van der Waals surface area contributed by atoms with Gasteiger partial charge < -0.3 is 16.0 Å². The fourth-order valence-corrected chi connectivity index (χ4v) is 3.00. The summed E-state index contributed by atoms with van der Waals surface area (Å²) in [7, 11) is 0. The third-order valence-corrected chi connectivity index (χ3v) is 4.60. The standard InChI is InChI=1S/C20H23N3O2.ClH/c1-14-11-12-21-13-18(14)23-20(25)16-9-5-6-10-17(16)22-19(24)15-7-3-2-4-8-15;/h2-10,14,18,21H,11-13H2,1H3,(H,22,24)(H,23,25);1H. The van der Waals surface area contributed by atoms with E-state index in [1.165, 1.54) is 0 Å². The van der Waals surface area contributed by atoms with Crippen LogP contribution in [0.1, 0.15) is 34.1 Å². The normalized spacial score (nSPS) is 19.1. The van der Waals surface area contributed by atoms with Gasteiger partial charge in [-0.25, -0.2) is 0 Å². The first-order valence-corrected chi connectivity index (χ1v) is 8.62. The van der Waals surface area contributed by atoms with E-state index in [1.807, 2.05) is 24.3 Å². The van der Waals surface area contributed by atoms with E-state index < -0.39 is 0 Å². The molecule has 2 amide bonds. The van der Waals surface area contributed by atoms with Crippen LogP contribution < -0.4 is 16.0 Å². The zero-order valence-corrected chi connectivity index (χ0v) is 15.5. The van der Waals surface area contributed by atoms with Crippen molar-refractivity contribution in [2.24, 2.45) is 5.92 Å². The number of nitrogens with one attached hydrogen (secondary N) is 3. The molecule has 1 fully saturated rings. The molecule has 6 heteroatoms. The fourth-order valence-electron chi connectivity index (χ4n) is 3.00. The Bertz CT molecular complexity index is 752. The van der Waals surface area contributed by atoms with Gasteiger partial charge in [0.15, 0.2) is 0 Å². The van der Waals surface area contributed by atoms with Crippen LogP contribution in [0.5, 0.6) is 0 Å². The zero-order chi connectivity index (χ0) is 17.6. The van der Waals surface area contributed by atoms with Crippen LogP contribution in [0.25, 0.3) is 0 Å². The summed E-state index contributed by atoms with van der Waals surface area (Å²) in [6.07, 6.45) is 1.04. The number of halogens is 1. The minimum atomic E-state index is -0.228. The number of piperidine rings is 1. The topological polar surface area (TPSA) is 70.2 Å². The van der Waals surface area contributed by atoms with Crippen molar-refractivity contribution in [3.63, 3.8) is 0 Å². The molecule has 1 aliphatic heterocycles.